The van der Waals surface area contributed by atoms with Crippen LogP contribution in [0.3, 0.4) is 0 Å². The summed E-state index contributed by atoms with van der Waals surface area (Å²) in [6.45, 7) is 1.56. The molecule has 1 aliphatic heterocycles. The van der Waals surface area contributed by atoms with E-state index in [1.165, 1.54) is 0 Å². The minimum atomic E-state index is -0.919. The Kier molecular flexibility index (Phi) is 6.68. The molecule has 2 aromatic carbocycles. The van der Waals surface area contributed by atoms with Crippen LogP contribution < -0.4 is 0 Å². The third-order valence-electron chi connectivity index (χ3n) is 9.87. The minimum absolute atomic E-state index is 0.240. The molecule has 4 saturated carbocycles. The van der Waals surface area contributed by atoms with Crippen LogP contribution in [0, 0.1) is 5.41 Å². The summed E-state index contributed by atoms with van der Waals surface area (Å²) in [6, 6.07) is 10.7. The van der Waals surface area contributed by atoms with Gasteiger partial charge in [-0.15, -0.1) is 0 Å². The van der Waals surface area contributed by atoms with Crippen LogP contribution in [-0.2, 0) is 29.1 Å². The van der Waals surface area contributed by atoms with Crippen molar-refractivity contribution in [2.45, 2.75) is 82.5 Å². The molecule has 2 heterocycles. The van der Waals surface area contributed by atoms with Crippen LogP contribution in [0.5, 0.6) is 0 Å². The van der Waals surface area contributed by atoms with E-state index in [4.69, 9.17) is 32.5 Å². The monoisotopic (exact) mass is 594 g/mol. The highest BCUT2D eigenvalue weighted by Crippen LogP contribution is 2.56. The van der Waals surface area contributed by atoms with E-state index >= 15 is 0 Å². The number of carboxylic acid groups (broad SMARTS) is 1. The van der Waals surface area contributed by atoms with E-state index < -0.39 is 5.97 Å². The zero-order valence-corrected chi connectivity index (χ0v) is 24.3. The molecule has 2 bridgehead atoms. The van der Waals surface area contributed by atoms with Crippen molar-refractivity contribution in [3.63, 3.8) is 0 Å². The van der Waals surface area contributed by atoms with Crippen LogP contribution in [0.4, 0.5) is 0 Å². The summed E-state index contributed by atoms with van der Waals surface area (Å²) >= 11 is 13.1. The van der Waals surface area contributed by atoms with Crippen LogP contribution >= 0.6 is 23.2 Å². The first-order valence-corrected chi connectivity index (χ1v) is 15.2. The number of carboxylic acids is 1. The molecule has 0 spiro atoms. The van der Waals surface area contributed by atoms with E-state index in [1.807, 2.05) is 29.2 Å². The molecular weight excluding hydrogens is 563 g/mol. The second-order valence-corrected chi connectivity index (χ2v) is 13.1. The first kappa shape index (κ1) is 27.0. The van der Waals surface area contributed by atoms with Crippen molar-refractivity contribution in [2.24, 2.45) is 5.41 Å². The molecule has 0 unspecified atom stereocenters. The summed E-state index contributed by atoms with van der Waals surface area (Å²) in [6.07, 6.45) is 7.82. The third-order valence-corrected chi connectivity index (χ3v) is 10.5. The Morgan fingerprint density at radius 3 is 2.39 bits per heavy atom. The standard InChI is InChI=1S/C32H32Cl2N2O5/c33-24-2-1-3-25(34)26(24)27-23(28(41-35-27)19-4-5-19)18-40-32-12-9-31(10-13-32,11-14-32)30(39)36-15-8-20-16-21(29(37)38)6-7-22(20)17-36/h1-3,6-7,16,19H,4-5,8-15,17-18H2,(H,37,38). The van der Waals surface area contributed by atoms with Gasteiger partial charge in [-0.2, -0.15) is 0 Å². The van der Waals surface area contributed by atoms with Crippen LogP contribution in [0.25, 0.3) is 11.3 Å². The van der Waals surface area contributed by atoms with Gasteiger partial charge >= 0.3 is 5.97 Å². The predicted molar refractivity (Wildman–Crippen MR) is 154 cm³/mol. The Balaban J connectivity index is 1.05. The lowest BCUT2D eigenvalue weighted by Gasteiger charge is -2.53. The molecule has 0 saturated heterocycles. The molecule has 5 aliphatic rings. The number of nitrogens with zero attached hydrogens (tertiary/aromatic N) is 2. The number of benzene rings is 2. The predicted octanol–water partition coefficient (Wildman–Crippen LogP) is 7.42. The van der Waals surface area contributed by atoms with Gasteiger partial charge in [-0.05, 0) is 93.2 Å². The Labute approximate surface area is 248 Å². The van der Waals surface area contributed by atoms with Crippen LogP contribution in [0.15, 0.2) is 40.9 Å². The molecule has 0 atom stereocenters. The first-order chi connectivity index (χ1) is 19.8. The fourth-order valence-corrected chi connectivity index (χ4v) is 7.73. The maximum atomic E-state index is 13.9. The Hall–Kier alpha value is -2.87. The molecule has 7 nitrogen and oxygen atoms in total. The Morgan fingerprint density at radius 1 is 1.02 bits per heavy atom. The van der Waals surface area contributed by atoms with Gasteiger partial charge in [0.1, 0.15) is 11.5 Å². The van der Waals surface area contributed by atoms with Gasteiger partial charge in [0.25, 0.3) is 0 Å². The number of hydrogen-bond acceptors (Lipinski definition) is 5. The molecule has 3 aromatic rings. The molecule has 1 amide bonds. The number of ether oxygens (including phenoxy) is 1. The number of carbonyl (C=O) groups excluding carboxylic acids is 1. The van der Waals surface area contributed by atoms with Gasteiger partial charge < -0.3 is 19.3 Å². The SMILES string of the molecule is O=C(O)c1ccc2c(c1)CCN(C(=O)C13CCC(OCc4c(-c5c(Cl)cccc5Cl)noc4C4CC4)(CC1)CC3)C2. The summed E-state index contributed by atoms with van der Waals surface area (Å²) < 4.78 is 12.6. The number of halogens is 2. The maximum absolute atomic E-state index is 13.9. The number of carbonyl (C=O) groups is 2. The van der Waals surface area contributed by atoms with E-state index in [0.29, 0.717) is 58.9 Å². The van der Waals surface area contributed by atoms with Gasteiger partial charge in [0.05, 0.1) is 27.8 Å². The zero-order valence-electron chi connectivity index (χ0n) is 22.8. The molecule has 41 heavy (non-hydrogen) atoms. The Morgan fingerprint density at radius 2 is 1.73 bits per heavy atom. The number of amides is 1. The second-order valence-electron chi connectivity index (χ2n) is 12.3. The average molecular weight is 596 g/mol. The lowest BCUT2D eigenvalue weighted by atomic mass is 9.58. The smallest absolute Gasteiger partial charge is 0.335 e. The van der Waals surface area contributed by atoms with Crippen LogP contribution in [-0.4, -0.2) is 39.2 Å². The average Bonchev–Trinajstić information content (AvgIpc) is 3.75. The third kappa shape index (κ3) is 4.76. The van der Waals surface area contributed by atoms with Gasteiger partial charge in [0, 0.05) is 35.5 Å². The maximum Gasteiger partial charge on any atom is 0.335 e. The van der Waals surface area contributed by atoms with Gasteiger partial charge in [-0.3, -0.25) is 4.79 Å². The highest BCUT2D eigenvalue weighted by molar-refractivity contribution is 6.39. The molecule has 214 valence electrons. The largest absolute Gasteiger partial charge is 0.478 e. The molecule has 8 rings (SSSR count). The van der Waals surface area contributed by atoms with Crippen molar-refractivity contribution in [1.29, 1.82) is 0 Å². The van der Waals surface area contributed by atoms with Gasteiger partial charge in [0.15, 0.2) is 0 Å². The fourth-order valence-electron chi connectivity index (χ4n) is 7.16. The number of fused-ring (bicyclic) bond motifs is 4. The highest BCUT2D eigenvalue weighted by Gasteiger charge is 2.54. The van der Waals surface area contributed by atoms with E-state index in [0.717, 1.165) is 73.8 Å². The number of aromatic carboxylic acids is 1. The molecule has 4 fully saturated rings. The van der Waals surface area contributed by atoms with E-state index in [9.17, 15) is 14.7 Å². The lowest BCUT2D eigenvalue weighted by Crippen LogP contribution is -2.55. The normalized spacial score (nSPS) is 25.3. The number of hydrogen-bond donors (Lipinski definition) is 1. The highest BCUT2D eigenvalue weighted by atomic mass is 35.5. The van der Waals surface area contributed by atoms with Crippen molar-refractivity contribution >= 4 is 35.1 Å². The molecule has 1 N–H and O–H groups in total. The van der Waals surface area contributed by atoms with Gasteiger partial charge in [-0.25, -0.2) is 4.79 Å². The Bertz CT molecular complexity index is 1500. The van der Waals surface area contributed by atoms with E-state index in [2.05, 4.69) is 5.16 Å². The summed E-state index contributed by atoms with van der Waals surface area (Å²) in [7, 11) is 0. The summed E-state index contributed by atoms with van der Waals surface area (Å²) in [5.74, 6) is 0.563. The molecule has 9 heteroatoms. The first-order valence-electron chi connectivity index (χ1n) is 14.5. The second kappa shape index (κ2) is 10.1. The number of aromatic nitrogens is 1. The quantitative estimate of drug-likeness (QED) is 0.306. The van der Waals surface area contributed by atoms with Crippen molar-refractivity contribution < 1.29 is 24.0 Å². The summed E-state index contributed by atoms with van der Waals surface area (Å²) in [5.41, 5.74) is 4.06. The van der Waals surface area contributed by atoms with Crippen molar-refractivity contribution in [2.75, 3.05) is 6.54 Å². The van der Waals surface area contributed by atoms with Crippen molar-refractivity contribution in [3.8, 4) is 11.3 Å². The summed E-state index contributed by atoms with van der Waals surface area (Å²) in [5, 5.41) is 14.8. The van der Waals surface area contributed by atoms with Crippen LogP contribution in [0.1, 0.15) is 90.1 Å². The van der Waals surface area contributed by atoms with Crippen molar-refractivity contribution in [1.82, 2.24) is 10.1 Å². The van der Waals surface area contributed by atoms with Crippen molar-refractivity contribution in [3.05, 3.63) is 74.5 Å². The van der Waals surface area contributed by atoms with E-state index in [1.54, 1.807) is 12.1 Å². The van der Waals surface area contributed by atoms with Crippen LogP contribution in [0.2, 0.25) is 10.0 Å². The lowest BCUT2D eigenvalue weighted by molar-refractivity contribution is -0.171. The zero-order chi connectivity index (χ0) is 28.4. The molecule has 1 aromatic heterocycles. The molecule has 4 aliphatic carbocycles. The van der Waals surface area contributed by atoms with Gasteiger partial charge in [0.2, 0.25) is 5.91 Å². The number of rotatable bonds is 7. The topological polar surface area (TPSA) is 92.9 Å². The van der Waals surface area contributed by atoms with Gasteiger partial charge in [-0.1, -0.05) is 40.5 Å². The fraction of sp³-hybridized carbons (Fsp3) is 0.469. The summed E-state index contributed by atoms with van der Waals surface area (Å²) in [4.78, 5) is 27.2. The molecule has 0 radical (unpaired) electrons. The minimum Gasteiger partial charge on any atom is -0.478 e. The van der Waals surface area contributed by atoms with E-state index in [-0.39, 0.29) is 16.9 Å². The molecular formula is C32H32Cl2N2O5.